The highest BCUT2D eigenvalue weighted by Gasteiger charge is 2.18. The maximum Gasteiger partial charge on any atom is 0.271 e. The molecule has 0 atom stereocenters. The lowest BCUT2D eigenvalue weighted by Gasteiger charge is -2.26. The Morgan fingerprint density at radius 3 is 2.81 bits per heavy atom. The fourth-order valence-corrected chi connectivity index (χ4v) is 2.48. The zero-order valence-electron chi connectivity index (χ0n) is 12.9. The van der Waals surface area contributed by atoms with Crippen LogP contribution in [0.15, 0.2) is 0 Å². The van der Waals surface area contributed by atoms with Crippen LogP contribution < -0.4 is 11.1 Å². The third-order valence-corrected chi connectivity index (χ3v) is 3.73. The number of aromatic nitrogens is 2. The molecule has 1 aliphatic heterocycles. The second-order valence-corrected chi connectivity index (χ2v) is 5.23. The minimum Gasteiger partial charge on any atom is -0.395 e. The van der Waals surface area contributed by atoms with Gasteiger partial charge in [0, 0.05) is 26.2 Å². The van der Waals surface area contributed by atoms with E-state index < -0.39 is 0 Å². The van der Waals surface area contributed by atoms with Gasteiger partial charge in [0.25, 0.3) is 5.91 Å². The summed E-state index contributed by atoms with van der Waals surface area (Å²) in [5.74, 6) is -0.142. The molecule has 7 nitrogen and oxygen atoms in total. The van der Waals surface area contributed by atoms with Crippen LogP contribution in [0.5, 0.6) is 0 Å². The second-order valence-electron chi connectivity index (χ2n) is 5.23. The highest BCUT2D eigenvalue weighted by molar-refractivity contribution is 5.97. The summed E-state index contributed by atoms with van der Waals surface area (Å²) in [6.07, 6.45) is 0.922. The van der Waals surface area contributed by atoms with Crippen molar-refractivity contribution in [3.63, 3.8) is 0 Å². The number of carbonyl (C=O) groups is 1. The molecule has 7 heteroatoms. The van der Waals surface area contributed by atoms with E-state index in [-0.39, 0.29) is 5.91 Å². The summed E-state index contributed by atoms with van der Waals surface area (Å²) in [5.41, 5.74) is 7.59. The van der Waals surface area contributed by atoms with Gasteiger partial charge in [-0.3, -0.25) is 14.4 Å². The Kier molecular flexibility index (Phi) is 5.58. The number of nitrogens with one attached hydrogen (secondary N) is 1. The molecule has 118 valence electrons. The van der Waals surface area contributed by atoms with Crippen molar-refractivity contribution in [3.8, 4) is 0 Å². The molecule has 21 heavy (non-hydrogen) atoms. The number of hydrogen-bond donors (Lipinski definition) is 2. The molecule has 1 aromatic heterocycles. The summed E-state index contributed by atoms with van der Waals surface area (Å²) in [6, 6.07) is 0. The summed E-state index contributed by atoms with van der Waals surface area (Å²) < 4.78 is 6.96. The van der Waals surface area contributed by atoms with Gasteiger partial charge < -0.3 is 15.8 Å². The van der Waals surface area contributed by atoms with E-state index in [4.69, 9.17) is 10.5 Å². The van der Waals surface area contributed by atoms with E-state index in [2.05, 4.69) is 15.3 Å². The Labute approximate surface area is 125 Å². The number of nitrogens with two attached hydrogens (primary N) is 1. The van der Waals surface area contributed by atoms with Crippen molar-refractivity contribution in [3.05, 3.63) is 11.4 Å². The Hall–Kier alpha value is -1.60. The summed E-state index contributed by atoms with van der Waals surface area (Å²) in [7, 11) is 0. The zero-order chi connectivity index (χ0) is 15.2. The van der Waals surface area contributed by atoms with Crippen LogP contribution in [0.1, 0.15) is 29.5 Å². The molecule has 1 aromatic rings. The van der Waals surface area contributed by atoms with Crippen molar-refractivity contribution >= 4 is 11.6 Å². The predicted octanol–water partition coefficient (Wildman–Crippen LogP) is 0.246. The van der Waals surface area contributed by atoms with Crippen LogP contribution in [0.25, 0.3) is 0 Å². The molecule has 1 saturated heterocycles. The predicted molar refractivity (Wildman–Crippen MR) is 81.3 cm³/mol. The first-order valence-electron chi connectivity index (χ1n) is 7.54. The average Bonchev–Trinajstić information content (AvgIpc) is 2.79. The Bertz CT molecular complexity index is 480. The quantitative estimate of drug-likeness (QED) is 0.735. The van der Waals surface area contributed by atoms with E-state index in [0.29, 0.717) is 30.2 Å². The molecule has 2 rings (SSSR count). The van der Waals surface area contributed by atoms with Crippen LogP contribution in [-0.2, 0) is 11.3 Å². The molecular weight excluding hydrogens is 270 g/mol. The Morgan fingerprint density at radius 2 is 2.14 bits per heavy atom. The maximum atomic E-state index is 12.2. The molecule has 1 aliphatic rings. The average molecular weight is 295 g/mol. The fourth-order valence-electron chi connectivity index (χ4n) is 2.48. The third kappa shape index (κ3) is 3.95. The molecule has 0 spiro atoms. The number of rotatable bonds is 6. The molecule has 0 radical (unpaired) electrons. The van der Waals surface area contributed by atoms with Gasteiger partial charge in [-0.1, -0.05) is 0 Å². The van der Waals surface area contributed by atoms with Crippen molar-refractivity contribution in [2.75, 3.05) is 45.1 Å². The summed E-state index contributed by atoms with van der Waals surface area (Å²) >= 11 is 0. The molecule has 0 saturated carbocycles. The molecule has 0 unspecified atom stereocenters. The fraction of sp³-hybridized carbons (Fsp3) is 0.714. The first kappa shape index (κ1) is 15.8. The maximum absolute atomic E-state index is 12.2. The van der Waals surface area contributed by atoms with Gasteiger partial charge in [-0.25, -0.2) is 0 Å². The Morgan fingerprint density at radius 1 is 1.43 bits per heavy atom. The monoisotopic (exact) mass is 295 g/mol. The van der Waals surface area contributed by atoms with Gasteiger partial charge in [-0.15, -0.1) is 0 Å². The number of ether oxygens (including phenoxy) is 1. The molecule has 0 aromatic carbocycles. The van der Waals surface area contributed by atoms with Crippen molar-refractivity contribution in [1.29, 1.82) is 0 Å². The van der Waals surface area contributed by atoms with Gasteiger partial charge in [-0.05, 0) is 26.8 Å². The lowest BCUT2D eigenvalue weighted by atomic mass is 10.2. The van der Waals surface area contributed by atoms with Crippen molar-refractivity contribution < 1.29 is 9.53 Å². The molecular formula is C14H25N5O2. The second kappa shape index (κ2) is 7.42. The van der Waals surface area contributed by atoms with Crippen molar-refractivity contribution in [2.24, 2.45) is 0 Å². The first-order valence-corrected chi connectivity index (χ1v) is 7.54. The number of aryl methyl sites for hydroxylation is 2. The van der Waals surface area contributed by atoms with Gasteiger partial charge in [-0.2, -0.15) is 5.10 Å². The van der Waals surface area contributed by atoms with E-state index in [0.717, 1.165) is 39.3 Å². The number of hydrogen-bond acceptors (Lipinski definition) is 5. The lowest BCUT2D eigenvalue weighted by Crippen LogP contribution is -2.38. The van der Waals surface area contributed by atoms with Crippen LogP contribution in [0.2, 0.25) is 0 Å². The van der Waals surface area contributed by atoms with E-state index in [9.17, 15) is 4.79 Å². The van der Waals surface area contributed by atoms with Gasteiger partial charge in [0.1, 0.15) is 5.69 Å². The minimum atomic E-state index is -0.142. The molecule has 3 N–H and O–H groups in total. The van der Waals surface area contributed by atoms with Gasteiger partial charge in [0.15, 0.2) is 0 Å². The Balaban J connectivity index is 1.79. The van der Waals surface area contributed by atoms with E-state index in [1.807, 2.05) is 13.8 Å². The standard InChI is InChI=1S/C14H25N5O2/c1-3-19-13(12(15)11(2)17-19)14(20)16-5-4-6-18-7-9-21-10-8-18/h3-10,15H2,1-2H3,(H,16,20). The van der Waals surface area contributed by atoms with Crippen LogP contribution >= 0.6 is 0 Å². The van der Waals surface area contributed by atoms with Crippen LogP contribution in [0, 0.1) is 6.92 Å². The first-order chi connectivity index (χ1) is 10.1. The van der Waals surface area contributed by atoms with Crippen molar-refractivity contribution in [2.45, 2.75) is 26.8 Å². The minimum absolute atomic E-state index is 0.142. The number of anilines is 1. The van der Waals surface area contributed by atoms with Crippen LogP contribution in [0.4, 0.5) is 5.69 Å². The van der Waals surface area contributed by atoms with Crippen molar-refractivity contribution in [1.82, 2.24) is 20.0 Å². The number of amides is 1. The van der Waals surface area contributed by atoms with Gasteiger partial charge in [0.2, 0.25) is 0 Å². The number of nitrogen functional groups attached to an aromatic ring is 1. The summed E-state index contributed by atoms with van der Waals surface area (Å²) in [6.45, 7) is 9.57. The molecule has 1 amide bonds. The summed E-state index contributed by atoms with van der Waals surface area (Å²) in [4.78, 5) is 14.6. The van der Waals surface area contributed by atoms with E-state index in [1.165, 1.54) is 0 Å². The van der Waals surface area contributed by atoms with Gasteiger partial charge in [0.05, 0.1) is 24.6 Å². The van der Waals surface area contributed by atoms with Crippen LogP contribution in [0.3, 0.4) is 0 Å². The molecule has 1 fully saturated rings. The van der Waals surface area contributed by atoms with E-state index >= 15 is 0 Å². The smallest absolute Gasteiger partial charge is 0.271 e. The number of nitrogens with zero attached hydrogens (tertiary/aromatic N) is 3. The highest BCUT2D eigenvalue weighted by Crippen LogP contribution is 2.16. The topological polar surface area (TPSA) is 85.4 Å². The normalized spacial score (nSPS) is 16.1. The SMILES string of the molecule is CCn1nc(C)c(N)c1C(=O)NCCCN1CCOCC1. The molecule has 0 aliphatic carbocycles. The lowest BCUT2D eigenvalue weighted by molar-refractivity contribution is 0.0374. The van der Waals surface area contributed by atoms with E-state index in [1.54, 1.807) is 4.68 Å². The van der Waals surface area contributed by atoms with Gasteiger partial charge >= 0.3 is 0 Å². The number of carbonyl (C=O) groups excluding carboxylic acids is 1. The molecule has 0 bridgehead atoms. The summed E-state index contributed by atoms with van der Waals surface area (Å²) in [5, 5.41) is 7.19. The molecule has 2 heterocycles. The largest absolute Gasteiger partial charge is 0.395 e. The highest BCUT2D eigenvalue weighted by atomic mass is 16.5. The third-order valence-electron chi connectivity index (χ3n) is 3.73. The number of morpholine rings is 1. The van der Waals surface area contributed by atoms with Crippen LogP contribution in [-0.4, -0.2) is 60.0 Å². The zero-order valence-corrected chi connectivity index (χ0v) is 12.9.